The van der Waals surface area contributed by atoms with E-state index in [2.05, 4.69) is 26.2 Å². The van der Waals surface area contributed by atoms with Crippen LogP contribution < -0.4 is 0 Å². The Bertz CT molecular complexity index is 1240. The smallest absolute Gasteiger partial charge is 0.306 e. The Kier molecular flexibility index (Phi) is 5.26. The molecule has 162 valence electrons. The van der Waals surface area contributed by atoms with Crippen molar-refractivity contribution in [3.05, 3.63) is 61.4 Å². The standard InChI is InChI=1S/C24H24N6O2/c1-29-14-20(12-27-29)16-4-2-5-17(8-16)23-25-10-19(11-26-23)21-13-28-30(15-21)22-7-3-6-18(9-22)24(31)32/h2,4-5,8,10-15,18,22H,3,6-7,9H2,1H3,(H,31,32). The second kappa shape index (κ2) is 8.37. The van der Waals surface area contributed by atoms with Gasteiger partial charge in [-0.2, -0.15) is 10.2 Å². The molecule has 8 heteroatoms. The molecule has 8 nitrogen and oxygen atoms in total. The molecule has 1 N–H and O–H groups in total. The Hall–Kier alpha value is -3.81. The van der Waals surface area contributed by atoms with Crippen LogP contribution >= 0.6 is 0 Å². The number of nitrogens with zero attached hydrogens (tertiary/aromatic N) is 6. The monoisotopic (exact) mass is 428 g/mol. The highest BCUT2D eigenvalue weighted by Crippen LogP contribution is 2.33. The maximum absolute atomic E-state index is 11.4. The van der Waals surface area contributed by atoms with E-state index >= 15 is 0 Å². The van der Waals surface area contributed by atoms with Crippen LogP contribution in [0.25, 0.3) is 33.6 Å². The third-order valence-electron chi connectivity index (χ3n) is 6.12. The molecule has 0 radical (unpaired) electrons. The summed E-state index contributed by atoms with van der Waals surface area (Å²) < 4.78 is 3.68. The van der Waals surface area contributed by atoms with Gasteiger partial charge in [0.05, 0.1) is 24.4 Å². The van der Waals surface area contributed by atoms with Crippen molar-refractivity contribution in [1.29, 1.82) is 0 Å². The minimum Gasteiger partial charge on any atom is -0.481 e. The van der Waals surface area contributed by atoms with Crippen LogP contribution in [-0.2, 0) is 11.8 Å². The average molecular weight is 428 g/mol. The van der Waals surface area contributed by atoms with Gasteiger partial charge in [-0.05, 0) is 30.9 Å². The molecule has 2 unspecified atom stereocenters. The predicted octanol–water partition coefficient (Wildman–Crippen LogP) is 4.22. The third-order valence-corrected chi connectivity index (χ3v) is 6.12. The van der Waals surface area contributed by atoms with Crippen molar-refractivity contribution in [3.8, 4) is 33.6 Å². The van der Waals surface area contributed by atoms with Crippen LogP contribution in [0, 0.1) is 5.92 Å². The number of hydrogen-bond acceptors (Lipinski definition) is 5. The molecule has 4 aromatic rings. The van der Waals surface area contributed by atoms with Crippen LogP contribution in [-0.4, -0.2) is 40.6 Å². The summed E-state index contributed by atoms with van der Waals surface area (Å²) in [4.78, 5) is 20.5. The number of rotatable bonds is 5. The van der Waals surface area contributed by atoms with E-state index in [1.807, 2.05) is 48.5 Å². The number of carboxylic acids is 1. The first-order valence-electron chi connectivity index (χ1n) is 10.8. The van der Waals surface area contributed by atoms with Gasteiger partial charge in [0.2, 0.25) is 0 Å². The third kappa shape index (κ3) is 4.03. The summed E-state index contributed by atoms with van der Waals surface area (Å²) in [5.41, 5.74) is 4.87. The lowest BCUT2D eigenvalue weighted by Crippen LogP contribution is -2.24. The molecule has 32 heavy (non-hydrogen) atoms. The van der Waals surface area contributed by atoms with Gasteiger partial charge in [0.25, 0.3) is 0 Å². The van der Waals surface area contributed by atoms with Gasteiger partial charge in [0, 0.05) is 54.1 Å². The number of carbonyl (C=O) groups is 1. The Morgan fingerprint density at radius 1 is 0.938 bits per heavy atom. The molecular weight excluding hydrogens is 404 g/mol. The highest BCUT2D eigenvalue weighted by Gasteiger charge is 2.28. The van der Waals surface area contributed by atoms with Crippen molar-refractivity contribution in [2.75, 3.05) is 0 Å². The highest BCUT2D eigenvalue weighted by molar-refractivity contribution is 5.70. The summed E-state index contributed by atoms with van der Waals surface area (Å²) in [5.74, 6) is -0.339. The van der Waals surface area contributed by atoms with Gasteiger partial charge in [-0.3, -0.25) is 14.2 Å². The number of aryl methyl sites for hydroxylation is 1. The predicted molar refractivity (Wildman–Crippen MR) is 120 cm³/mol. The molecule has 1 aromatic carbocycles. The van der Waals surface area contributed by atoms with Gasteiger partial charge in [-0.15, -0.1) is 0 Å². The van der Waals surface area contributed by atoms with E-state index < -0.39 is 5.97 Å². The molecule has 2 atom stereocenters. The summed E-state index contributed by atoms with van der Waals surface area (Å²) in [6.07, 6.45) is 14.4. The second-order valence-corrected chi connectivity index (χ2v) is 8.34. The molecule has 1 aliphatic rings. The van der Waals surface area contributed by atoms with Crippen LogP contribution in [0.4, 0.5) is 0 Å². The lowest BCUT2D eigenvalue weighted by molar-refractivity contribution is -0.143. The largest absolute Gasteiger partial charge is 0.481 e. The SMILES string of the molecule is Cn1cc(-c2cccc(-c3ncc(-c4cnn(C5CCCC(C(=O)O)C5)c4)cn3)c2)cn1. The van der Waals surface area contributed by atoms with Crippen LogP contribution in [0.5, 0.6) is 0 Å². The van der Waals surface area contributed by atoms with E-state index in [1.165, 1.54) is 0 Å². The number of benzene rings is 1. The van der Waals surface area contributed by atoms with Crippen molar-refractivity contribution in [3.63, 3.8) is 0 Å². The Labute approximate surface area is 185 Å². The molecular formula is C24H24N6O2. The van der Waals surface area contributed by atoms with Gasteiger partial charge in [-0.1, -0.05) is 24.6 Å². The first kappa shape index (κ1) is 20.1. The minimum atomic E-state index is -0.710. The van der Waals surface area contributed by atoms with Gasteiger partial charge < -0.3 is 5.11 Å². The van der Waals surface area contributed by atoms with Crippen LogP contribution in [0.15, 0.2) is 61.4 Å². The molecule has 0 aliphatic heterocycles. The fourth-order valence-electron chi connectivity index (χ4n) is 4.35. The first-order valence-corrected chi connectivity index (χ1v) is 10.8. The summed E-state index contributed by atoms with van der Waals surface area (Å²) in [5, 5.41) is 18.1. The van der Waals surface area contributed by atoms with Crippen molar-refractivity contribution in [2.45, 2.75) is 31.7 Å². The highest BCUT2D eigenvalue weighted by atomic mass is 16.4. The van der Waals surface area contributed by atoms with Gasteiger partial charge in [0.1, 0.15) is 0 Å². The number of hydrogen-bond donors (Lipinski definition) is 1. The molecule has 0 bridgehead atoms. The maximum atomic E-state index is 11.4. The first-order chi connectivity index (χ1) is 15.6. The topological polar surface area (TPSA) is 98.7 Å². The lowest BCUT2D eigenvalue weighted by atomic mass is 9.86. The molecule has 0 spiro atoms. The Balaban J connectivity index is 1.34. The maximum Gasteiger partial charge on any atom is 0.306 e. The zero-order valence-electron chi connectivity index (χ0n) is 17.8. The minimum absolute atomic E-state index is 0.119. The molecule has 1 saturated carbocycles. The van der Waals surface area contributed by atoms with E-state index in [0.717, 1.165) is 47.1 Å². The van der Waals surface area contributed by atoms with Gasteiger partial charge >= 0.3 is 5.97 Å². The summed E-state index contributed by atoms with van der Waals surface area (Å²) >= 11 is 0. The average Bonchev–Trinajstić information content (AvgIpc) is 3.49. The van der Waals surface area contributed by atoms with Crippen molar-refractivity contribution in [2.24, 2.45) is 13.0 Å². The molecule has 0 saturated heterocycles. The number of carboxylic acid groups (broad SMARTS) is 1. The lowest BCUT2D eigenvalue weighted by Gasteiger charge is -2.26. The molecule has 1 fully saturated rings. The van der Waals surface area contributed by atoms with Gasteiger partial charge in [-0.25, -0.2) is 9.97 Å². The van der Waals surface area contributed by atoms with Gasteiger partial charge in [0.15, 0.2) is 5.82 Å². The van der Waals surface area contributed by atoms with Crippen molar-refractivity contribution < 1.29 is 9.90 Å². The van der Waals surface area contributed by atoms with Crippen molar-refractivity contribution >= 4 is 5.97 Å². The van der Waals surface area contributed by atoms with E-state index in [1.54, 1.807) is 23.3 Å². The molecule has 1 aliphatic carbocycles. The molecule has 0 amide bonds. The summed E-state index contributed by atoms with van der Waals surface area (Å²) in [7, 11) is 1.90. The van der Waals surface area contributed by atoms with Crippen LogP contribution in [0.2, 0.25) is 0 Å². The normalized spacial score (nSPS) is 18.5. The molecule has 5 rings (SSSR count). The fraction of sp³-hybridized carbons (Fsp3) is 0.292. The molecule has 3 heterocycles. The quantitative estimate of drug-likeness (QED) is 0.511. The van der Waals surface area contributed by atoms with E-state index in [4.69, 9.17) is 0 Å². The van der Waals surface area contributed by atoms with E-state index in [9.17, 15) is 9.90 Å². The summed E-state index contributed by atoms with van der Waals surface area (Å²) in [6.45, 7) is 0. The van der Waals surface area contributed by atoms with Crippen molar-refractivity contribution in [1.82, 2.24) is 29.5 Å². The Morgan fingerprint density at radius 2 is 1.69 bits per heavy atom. The van der Waals surface area contributed by atoms with E-state index in [0.29, 0.717) is 12.2 Å². The number of aliphatic carboxylic acids is 1. The zero-order valence-corrected chi connectivity index (χ0v) is 17.8. The fourth-order valence-corrected chi connectivity index (χ4v) is 4.35. The van der Waals surface area contributed by atoms with E-state index in [-0.39, 0.29) is 12.0 Å². The van der Waals surface area contributed by atoms with Crippen LogP contribution in [0.3, 0.4) is 0 Å². The number of aromatic nitrogens is 6. The molecule has 3 aromatic heterocycles. The Morgan fingerprint density at radius 3 is 2.44 bits per heavy atom. The zero-order chi connectivity index (χ0) is 22.1. The van der Waals surface area contributed by atoms with Crippen LogP contribution in [0.1, 0.15) is 31.7 Å². The second-order valence-electron chi connectivity index (χ2n) is 8.34. The summed E-state index contributed by atoms with van der Waals surface area (Å²) in [6, 6.07) is 8.21.